The van der Waals surface area contributed by atoms with E-state index in [0.717, 1.165) is 36.8 Å². The number of carbonyl (C=O) groups excluding carboxylic acids is 1. The van der Waals surface area contributed by atoms with Crippen LogP contribution in [0.5, 0.6) is 0 Å². The second kappa shape index (κ2) is 6.86. The normalized spacial score (nSPS) is 41.0. The van der Waals surface area contributed by atoms with Gasteiger partial charge in [0.05, 0.1) is 19.3 Å². The highest BCUT2D eigenvalue weighted by Crippen LogP contribution is 2.62. The lowest BCUT2D eigenvalue weighted by molar-refractivity contribution is -0.153. The summed E-state index contributed by atoms with van der Waals surface area (Å²) in [7, 11) is 0. The van der Waals surface area contributed by atoms with Crippen molar-refractivity contribution in [2.75, 3.05) is 19.8 Å². The van der Waals surface area contributed by atoms with Gasteiger partial charge in [0.25, 0.3) is 0 Å². The fourth-order valence-corrected chi connectivity index (χ4v) is 5.56. The Labute approximate surface area is 149 Å². The van der Waals surface area contributed by atoms with E-state index in [9.17, 15) is 20.1 Å². The van der Waals surface area contributed by atoms with Gasteiger partial charge in [-0.1, -0.05) is 19.9 Å². The highest BCUT2D eigenvalue weighted by molar-refractivity contribution is 5.85. The summed E-state index contributed by atoms with van der Waals surface area (Å²) in [4.78, 5) is 11.3. The highest BCUT2D eigenvalue weighted by Gasteiger charge is 2.59. The minimum atomic E-state index is -0.745. The Hall–Kier alpha value is -1.17. The lowest BCUT2D eigenvalue weighted by Crippen LogP contribution is -2.60. The number of allylic oxidation sites excluding steroid dienone is 1. The zero-order valence-corrected chi connectivity index (χ0v) is 15.2. The molecule has 2 aliphatic carbocycles. The molecule has 5 nitrogen and oxygen atoms in total. The van der Waals surface area contributed by atoms with Gasteiger partial charge in [-0.05, 0) is 60.5 Å². The van der Waals surface area contributed by atoms with Crippen LogP contribution in [0, 0.1) is 22.7 Å². The average Bonchev–Trinajstić information content (AvgIpc) is 3.03. The lowest BCUT2D eigenvalue weighted by Gasteiger charge is -2.60. The predicted octanol–water partition coefficient (Wildman–Crippen LogP) is 1.96. The molecule has 25 heavy (non-hydrogen) atoms. The van der Waals surface area contributed by atoms with Crippen LogP contribution in [0.15, 0.2) is 23.3 Å². The third kappa shape index (κ3) is 2.86. The maximum Gasteiger partial charge on any atom is 0.331 e. The van der Waals surface area contributed by atoms with Gasteiger partial charge in [-0.25, -0.2) is 4.79 Å². The first-order valence-corrected chi connectivity index (χ1v) is 9.34. The Balaban J connectivity index is 1.91. The monoisotopic (exact) mass is 350 g/mol. The van der Waals surface area contributed by atoms with Crippen molar-refractivity contribution in [2.45, 2.75) is 52.1 Å². The summed E-state index contributed by atoms with van der Waals surface area (Å²) in [6, 6.07) is 0. The van der Waals surface area contributed by atoms with Crippen LogP contribution in [0.4, 0.5) is 0 Å². The molecule has 0 aromatic rings. The van der Waals surface area contributed by atoms with E-state index >= 15 is 0 Å². The third-order valence-corrected chi connectivity index (χ3v) is 7.30. The standard InChI is InChI=1S/C20H30O5/c1-13-8-17(23)20(12-22)15(10-21)4-3-5-16(20)19(13,2)7-6-14-9-18(24)25-11-14/h4,9,13,16-17,21-23H,3,5-8,10-12H2,1-2H3. The first kappa shape index (κ1) is 18.6. The molecule has 0 saturated heterocycles. The van der Waals surface area contributed by atoms with E-state index in [2.05, 4.69) is 13.8 Å². The molecule has 3 N–H and O–H groups in total. The number of carbonyl (C=O) groups is 1. The van der Waals surface area contributed by atoms with Gasteiger partial charge in [-0.15, -0.1) is 0 Å². The number of hydrogen-bond acceptors (Lipinski definition) is 5. The van der Waals surface area contributed by atoms with E-state index in [4.69, 9.17) is 4.74 Å². The Morgan fingerprint density at radius 2 is 2.12 bits per heavy atom. The molecule has 0 aromatic carbocycles. The van der Waals surface area contributed by atoms with Crippen molar-refractivity contribution < 1.29 is 24.9 Å². The number of esters is 1. The third-order valence-electron chi connectivity index (χ3n) is 7.30. The first-order chi connectivity index (χ1) is 11.9. The molecule has 5 unspecified atom stereocenters. The molecule has 1 heterocycles. The van der Waals surface area contributed by atoms with Crippen molar-refractivity contribution in [1.29, 1.82) is 0 Å². The molecular formula is C20H30O5. The van der Waals surface area contributed by atoms with Crippen LogP contribution in [0.25, 0.3) is 0 Å². The molecule has 1 saturated carbocycles. The maximum absolute atomic E-state index is 11.3. The van der Waals surface area contributed by atoms with Gasteiger partial charge >= 0.3 is 5.97 Å². The smallest absolute Gasteiger partial charge is 0.331 e. The molecule has 0 bridgehead atoms. The number of cyclic esters (lactones) is 1. The lowest BCUT2D eigenvalue weighted by atomic mass is 9.45. The molecule has 3 rings (SSSR count). The Morgan fingerprint density at radius 1 is 1.36 bits per heavy atom. The summed E-state index contributed by atoms with van der Waals surface area (Å²) in [5.41, 5.74) is 0.983. The molecule has 1 fully saturated rings. The van der Waals surface area contributed by atoms with Crippen molar-refractivity contribution >= 4 is 5.97 Å². The molecule has 0 spiro atoms. The molecule has 0 amide bonds. The van der Waals surface area contributed by atoms with Crippen LogP contribution >= 0.6 is 0 Å². The molecule has 0 radical (unpaired) electrons. The second-order valence-corrected chi connectivity index (χ2v) is 8.28. The molecule has 3 aliphatic rings. The summed E-state index contributed by atoms with van der Waals surface area (Å²) in [5, 5.41) is 31.0. The van der Waals surface area contributed by atoms with Crippen LogP contribution in [0.2, 0.25) is 0 Å². The van der Waals surface area contributed by atoms with E-state index < -0.39 is 11.5 Å². The predicted molar refractivity (Wildman–Crippen MR) is 93.6 cm³/mol. The number of aliphatic hydroxyl groups excluding tert-OH is 3. The van der Waals surface area contributed by atoms with E-state index in [1.165, 1.54) is 0 Å². The summed E-state index contributed by atoms with van der Waals surface area (Å²) in [6.45, 7) is 4.54. The molecule has 0 aromatic heterocycles. The topological polar surface area (TPSA) is 87.0 Å². The Bertz CT molecular complexity index is 595. The van der Waals surface area contributed by atoms with Crippen LogP contribution in [-0.4, -0.2) is 47.2 Å². The molecule has 5 heteroatoms. The number of ether oxygens (including phenoxy) is 1. The fraction of sp³-hybridized carbons (Fsp3) is 0.750. The largest absolute Gasteiger partial charge is 0.458 e. The molecule has 140 valence electrons. The van der Waals surface area contributed by atoms with Crippen molar-refractivity contribution in [3.63, 3.8) is 0 Å². The van der Waals surface area contributed by atoms with Crippen LogP contribution in [0.3, 0.4) is 0 Å². The van der Waals surface area contributed by atoms with E-state index in [-0.39, 0.29) is 30.5 Å². The number of rotatable bonds is 5. The zero-order valence-electron chi connectivity index (χ0n) is 15.2. The van der Waals surface area contributed by atoms with Gasteiger partial charge in [0, 0.05) is 11.5 Å². The van der Waals surface area contributed by atoms with Gasteiger partial charge in [0.15, 0.2) is 0 Å². The van der Waals surface area contributed by atoms with Crippen molar-refractivity contribution in [2.24, 2.45) is 22.7 Å². The summed E-state index contributed by atoms with van der Waals surface area (Å²) in [5.74, 6) is 0.138. The molecule has 5 atom stereocenters. The Kier molecular flexibility index (Phi) is 5.11. The summed E-state index contributed by atoms with van der Waals surface area (Å²) >= 11 is 0. The van der Waals surface area contributed by atoms with Crippen molar-refractivity contribution in [1.82, 2.24) is 0 Å². The van der Waals surface area contributed by atoms with Crippen molar-refractivity contribution in [3.8, 4) is 0 Å². The molecular weight excluding hydrogens is 320 g/mol. The number of aliphatic hydroxyl groups is 3. The summed E-state index contributed by atoms with van der Waals surface area (Å²) in [6.07, 6.45) is 6.99. The van der Waals surface area contributed by atoms with Gasteiger partial charge in [-0.2, -0.15) is 0 Å². The first-order valence-electron chi connectivity index (χ1n) is 9.34. The van der Waals surface area contributed by atoms with E-state index in [1.54, 1.807) is 6.08 Å². The summed E-state index contributed by atoms with van der Waals surface area (Å²) < 4.78 is 5.01. The average molecular weight is 350 g/mol. The van der Waals surface area contributed by atoms with Gasteiger partial charge in [0.2, 0.25) is 0 Å². The van der Waals surface area contributed by atoms with Crippen LogP contribution in [-0.2, 0) is 9.53 Å². The SMILES string of the molecule is CC1CC(O)C2(CO)C(CO)=CCCC2C1(C)CCC1=CC(=O)OC1. The number of hydrogen-bond donors (Lipinski definition) is 3. The van der Waals surface area contributed by atoms with E-state index in [1.807, 2.05) is 6.08 Å². The van der Waals surface area contributed by atoms with Crippen LogP contribution in [0.1, 0.15) is 46.0 Å². The minimum absolute atomic E-state index is 0.0802. The van der Waals surface area contributed by atoms with Gasteiger partial charge in [-0.3, -0.25) is 0 Å². The Morgan fingerprint density at radius 3 is 2.72 bits per heavy atom. The minimum Gasteiger partial charge on any atom is -0.458 e. The van der Waals surface area contributed by atoms with E-state index in [0.29, 0.717) is 18.9 Å². The van der Waals surface area contributed by atoms with Crippen LogP contribution < -0.4 is 0 Å². The molecule has 1 aliphatic heterocycles. The highest BCUT2D eigenvalue weighted by atomic mass is 16.5. The van der Waals surface area contributed by atoms with Gasteiger partial charge in [0.1, 0.15) is 6.61 Å². The van der Waals surface area contributed by atoms with Gasteiger partial charge < -0.3 is 20.1 Å². The van der Waals surface area contributed by atoms with Crippen molar-refractivity contribution in [3.05, 3.63) is 23.3 Å². The maximum atomic E-state index is 11.3. The second-order valence-electron chi connectivity index (χ2n) is 8.28. The fourth-order valence-electron chi connectivity index (χ4n) is 5.56. The zero-order chi connectivity index (χ0) is 18.2. The number of fused-ring (bicyclic) bond motifs is 1. The quantitative estimate of drug-likeness (QED) is 0.521.